The highest BCUT2D eigenvalue weighted by molar-refractivity contribution is 5.94. The smallest absolute Gasteiger partial charge is 0.251 e. The lowest BCUT2D eigenvalue weighted by Gasteiger charge is -2.21. The minimum atomic E-state index is -0.147. The van der Waals surface area contributed by atoms with Crippen LogP contribution in [-0.4, -0.2) is 24.2 Å². The van der Waals surface area contributed by atoms with Crippen molar-refractivity contribution in [3.05, 3.63) is 35.4 Å². The van der Waals surface area contributed by atoms with Gasteiger partial charge in [-0.15, -0.1) is 0 Å². The van der Waals surface area contributed by atoms with Crippen LogP contribution in [0.1, 0.15) is 41.6 Å². The van der Waals surface area contributed by atoms with Crippen LogP contribution in [-0.2, 0) is 0 Å². The Hall–Kier alpha value is -1.79. The van der Waals surface area contributed by atoms with Crippen molar-refractivity contribution < 1.29 is 9.90 Å². The topological polar surface area (TPSA) is 49.3 Å². The molecule has 2 bridgehead atoms. The van der Waals surface area contributed by atoms with Crippen molar-refractivity contribution in [1.82, 2.24) is 5.32 Å². The summed E-state index contributed by atoms with van der Waals surface area (Å²) in [4.78, 5) is 12.1. The van der Waals surface area contributed by atoms with Crippen molar-refractivity contribution >= 4 is 5.91 Å². The fourth-order valence-electron chi connectivity index (χ4n) is 3.80. The van der Waals surface area contributed by atoms with Gasteiger partial charge in [-0.25, -0.2) is 0 Å². The van der Waals surface area contributed by atoms with Crippen molar-refractivity contribution in [2.24, 2.45) is 17.8 Å². The van der Waals surface area contributed by atoms with Gasteiger partial charge in [0.05, 0.1) is 0 Å². The van der Waals surface area contributed by atoms with E-state index >= 15 is 0 Å². The second kappa shape index (κ2) is 6.32. The number of hydrogen-bond donors (Lipinski definition) is 2. The van der Waals surface area contributed by atoms with Crippen molar-refractivity contribution in [3.63, 3.8) is 0 Å². The first-order valence-electron chi connectivity index (χ1n) is 7.74. The fraction of sp³-hybridized carbons (Fsp3) is 0.500. The number of aliphatic hydroxyl groups is 1. The molecule has 3 heteroatoms. The summed E-state index contributed by atoms with van der Waals surface area (Å²) in [7, 11) is 0. The first-order valence-corrected chi connectivity index (χ1v) is 7.74. The Morgan fingerprint density at radius 1 is 1.24 bits per heavy atom. The molecule has 3 atom stereocenters. The summed E-state index contributed by atoms with van der Waals surface area (Å²) in [6, 6.07) is 7.21. The molecule has 3 nitrogen and oxygen atoms in total. The Balaban J connectivity index is 1.53. The molecule has 21 heavy (non-hydrogen) atoms. The number of aliphatic hydroxyl groups excluding tert-OH is 1. The van der Waals surface area contributed by atoms with E-state index in [-0.39, 0.29) is 12.5 Å². The molecule has 0 aliphatic heterocycles. The third-order valence-corrected chi connectivity index (χ3v) is 4.87. The number of fused-ring (bicyclic) bond motifs is 2. The Bertz CT molecular complexity index is 567. The maximum absolute atomic E-state index is 12.1. The van der Waals surface area contributed by atoms with Crippen molar-refractivity contribution in [1.29, 1.82) is 0 Å². The van der Waals surface area contributed by atoms with Crippen molar-refractivity contribution in [3.8, 4) is 11.8 Å². The Morgan fingerprint density at radius 3 is 2.67 bits per heavy atom. The molecule has 2 aliphatic rings. The quantitative estimate of drug-likeness (QED) is 0.836. The largest absolute Gasteiger partial charge is 0.384 e. The summed E-state index contributed by atoms with van der Waals surface area (Å²) in [5, 5.41) is 11.7. The van der Waals surface area contributed by atoms with Crippen LogP contribution in [0.5, 0.6) is 0 Å². The van der Waals surface area contributed by atoms with Gasteiger partial charge in [0.25, 0.3) is 5.91 Å². The molecule has 3 unspecified atom stereocenters. The maximum atomic E-state index is 12.1. The van der Waals surface area contributed by atoms with E-state index in [1.807, 2.05) is 12.1 Å². The zero-order chi connectivity index (χ0) is 14.7. The van der Waals surface area contributed by atoms with Crippen molar-refractivity contribution in [2.75, 3.05) is 13.2 Å². The predicted octanol–water partition coefficient (Wildman–Crippen LogP) is 2.20. The Labute approximate surface area is 125 Å². The van der Waals surface area contributed by atoms with Crippen LogP contribution in [0, 0.1) is 29.6 Å². The van der Waals surface area contributed by atoms with Gasteiger partial charge in [0.2, 0.25) is 0 Å². The van der Waals surface area contributed by atoms with Gasteiger partial charge in [-0.2, -0.15) is 0 Å². The third kappa shape index (κ3) is 3.28. The molecule has 1 aromatic rings. The van der Waals surface area contributed by atoms with Crippen LogP contribution in [0.2, 0.25) is 0 Å². The van der Waals surface area contributed by atoms with Gasteiger partial charge in [-0.1, -0.05) is 18.3 Å². The van der Waals surface area contributed by atoms with Gasteiger partial charge in [0.15, 0.2) is 0 Å². The zero-order valence-electron chi connectivity index (χ0n) is 12.1. The van der Waals surface area contributed by atoms with Gasteiger partial charge >= 0.3 is 0 Å². The second-order valence-corrected chi connectivity index (χ2v) is 6.18. The van der Waals surface area contributed by atoms with E-state index in [0.29, 0.717) is 11.5 Å². The summed E-state index contributed by atoms with van der Waals surface area (Å²) in [6.07, 6.45) is 5.41. The minimum Gasteiger partial charge on any atom is -0.384 e. The minimum absolute atomic E-state index is 0.000518. The number of benzene rings is 1. The molecule has 0 aromatic heterocycles. The normalized spacial score (nSPS) is 26.2. The van der Waals surface area contributed by atoms with Crippen LogP contribution < -0.4 is 5.32 Å². The van der Waals surface area contributed by atoms with E-state index in [9.17, 15) is 4.79 Å². The molecule has 2 saturated carbocycles. The van der Waals surface area contributed by atoms with E-state index < -0.39 is 0 Å². The number of amides is 1. The van der Waals surface area contributed by atoms with E-state index in [1.165, 1.54) is 25.7 Å². The molecular weight excluding hydrogens is 262 g/mol. The number of rotatable bonds is 3. The van der Waals surface area contributed by atoms with Crippen LogP contribution in [0.25, 0.3) is 0 Å². The highest BCUT2D eigenvalue weighted by atomic mass is 16.2. The van der Waals surface area contributed by atoms with Gasteiger partial charge in [-0.05, 0) is 61.3 Å². The van der Waals surface area contributed by atoms with Crippen LogP contribution in [0.4, 0.5) is 0 Å². The lowest BCUT2D eigenvalue weighted by molar-refractivity contribution is 0.0942. The van der Waals surface area contributed by atoms with Crippen LogP contribution in [0.3, 0.4) is 0 Å². The molecule has 0 saturated heterocycles. The Kier molecular flexibility index (Phi) is 4.26. The molecular formula is C18H21NO2. The molecule has 3 rings (SSSR count). The molecule has 1 aromatic carbocycles. The average Bonchev–Trinajstić information content (AvgIpc) is 3.14. The summed E-state index contributed by atoms with van der Waals surface area (Å²) < 4.78 is 0. The monoisotopic (exact) mass is 283 g/mol. The molecule has 110 valence electrons. The van der Waals surface area contributed by atoms with E-state index in [2.05, 4.69) is 17.2 Å². The summed E-state index contributed by atoms with van der Waals surface area (Å²) >= 11 is 0. The van der Waals surface area contributed by atoms with E-state index in [0.717, 1.165) is 23.9 Å². The first kappa shape index (κ1) is 14.2. The van der Waals surface area contributed by atoms with E-state index in [1.54, 1.807) is 12.1 Å². The molecule has 0 radical (unpaired) electrons. The molecule has 1 amide bonds. The summed E-state index contributed by atoms with van der Waals surface area (Å²) in [5.41, 5.74) is 1.49. The third-order valence-electron chi connectivity index (χ3n) is 4.87. The fourth-order valence-corrected chi connectivity index (χ4v) is 3.80. The van der Waals surface area contributed by atoms with Gasteiger partial charge in [0, 0.05) is 17.7 Å². The summed E-state index contributed by atoms with van der Waals surface area (Å²) in [6.45, 7) is 0.665. The first-order chi connectivity index (χ1) is 10.3. The standard InChI is InChI=1S/C18H21NO2/c20-9-1-2-13-3-6-15(7-4-13)18(21)19-12-17-11-14-5-8-16(17)10-14/h3-4,6-7,14,16-17,20H,5,8-12H2,(H,19,21). The maximum Gasteiger partial charge on any atom is 0.251 e. The Morgan fingerprint density at radius 2 is 2.05 bits per heavy atom. The second-order valence-electron chi connectivity index (χ2n) is 6.18. The van der Waals surface area contributed by atoms with Crippen LogP contribution in [0.15, 0.2) is 24.3 Å². The lowest BCUT2D eigenvalue weighted by atomic mass is 9.89. The molecule has 2 fully saturated rings. The predicted molar refractivity (Wildman–Crippen MR) is 81.7 cm³/mol. The lowest BCUT2D eigenvalue weighted by Crippen LogP contribution is -2.31. The number of carbonyl (C=O) groups is 1. The number of hydrogen-bond acceptors (Lipinski definition) is 2. The van der Waals surface area contributed by atoms with Gasteiger partial charge in [0.1, 0.15) is 6.61 Å². The highest BCUT2D eigenvalue weighted by Gasteiger charge is 2.39. The van der Waals surface area contributed by atoms with Crippen molar-refractivity contribution in [2.45, 2.75) is 25.7 Å². The molecule has 0 heterocycles. The van der Waals surface area contributed by atoms with E-state index in [4.69, 9.17) is 5.11 Å². The molecule has 0 spiro atoms. The van der Waals surface area contributed by atoms with Gasteiger partial charge in [-0.3, -0.25) is 4.79 Å². The number of nitrogens with one attached hydrogen (secondary N) is 1. The average molecular weight is 283 g/mol. The summed E-state index contributed by atoms with van der Waals surface area (Å²) in [5.74, 6) is 7.86. The molecule has 2 N–H and O–H groups in total. The van der Waals surface area contributed by atoms with Gasteiger partial charge < -0.3 is 10.4 Å². The van der Waals surface area contributed by atoms with Crippen LogP contribution >= 0.6 is 0 Å². The highest BCUT2D eigenvalue weighted by Crippen LogP contribution is 2.47. The molecule has 2 aliphatic carbocycles. The zero-order valence-corrected chi connectivity index (χ0v) is 12.1. The number of carbonyl (C=O) groups excluding carboxylic acids is 1. The SMILES string of the molecule is O=C(NCC1CC2CCC1C2)c1ccc(C#CCO)cc1.